The molecule has 1 aliphatic carbocycles. The molecule has 11 heteroatoms. The van der Waals surface area contributed by atoms with Gasteiger partial charge in [-0.25, -0.2) is 19.4 Å². The number of carboxylic acids is 1. The predicted octanol–water partition coefficient (Wildman–Crippen LogP) is 3.96. The van der Waals surface area contributed by atoms with Gasteiger partial charge in [0, 0.05) is 18.2 Å². The van der Waals surface area contributed by atoms with Crippen molar-refractivity contribution in [2.75, 3.05) is 5.32 Å². The number of oxime groups is 1. The van der Waals surface area contributed by atoms with Crippen LogP contribution in [0.1, 0.15) is 51.3 Å². The molecule has 1 amide bonds. The quantitative estimate of drug-likeness (QED) is 0.333. The number of amides is 1. The maximum Gasteiger partial charge on any atom is 0.413 e. The number of carbonyl (C=O) groups is 3. The molecule has 0 unspecified atom stereocenters. The molecule has 176 valence electrons. The molecule has 1 aromatic heterocycles. The second-order valence-corrected chi connectivity index (χ2v) is 9.27. The van der Waals surface area contributed by atoms with Crippen molar-refractivity contribution in [1.29, 1.82) is 0 Å². The van der Waals surface area contributed by atoms with E-state index in [1.54, 1.807) is 20.8 Å². The van der Waals surface area contributed by atoms with Gasteiger partial charge in [-0.05, 0) is 32.8 Å². The second kappa shape index (κ2) is 9.99. The molecule has 3 rings (SSSR count). The minimum absolute atomic E-state index is 0.0225. The summed E-state index contributed by atoms with van der Waals surface area (Å²) >= 11 is 1.00. The molecular weight excluding hydrogens is 450 g/mol. The Morgan fingerprint density at radius 3 is 2.48 bits per heavy atom. The Bertz CT molecular complexity index is 1040. The standard InChI is InChI=1S/C22H25N3O7S/c1-21(2,3)31-20(29)24-19-23-15(13-33-19)16(17(26)27)25-32-22(10-7-11-22)18(28)30-12-14-8-5-4-6-9-14/h4-6,8-9,13H,7,10-12H2,1-3H3,(H,26,27)(H,23,24,29)/b25-16+. The molecule has 0 aliphatic heterocycles. The average molecular weight is 476 g/mol. The summed E-state index contributed by atoms with van der Waals surface area (Å²) in [6, 6.07) is 9.18. The summed E-state index contributed by atoms with van der Waals surface area (Å²) in [6.07, 6.45) is 0.723. The Balaban J connectivity index is 1.68. The van der Waals surface area contributed by atoms with E-state index in [1.165, 1.54) is 5.38 Å². The maximum atomic E-state index is 12.6. The van der Waals surface area contributed by atoms with Crippen LogP contribution < -0.4 is 5.32 Å². The minimum Gasteiger partial charge on any atom is -0.476 e. The Kier molecular flexibility index (Phi) is 7.32. The second-order valence-electron chi connectivity index (χ2n) is 8.41. The molecule has 1 aromatic carbocycles. The molecule has 2 aromatic rings. The highest BCUT2D eigenvalue weighted by atomic mass is 32.1. The molecule has 2 N–H and O–H groups in total. The first-order valence-corrected chi connectivity index (χ1v) is 11.1. The summed E-state index contributed by atoms with van der Waals surface area (Å²) in [5, 5.41) is 17.3. The van der Waals surface area contributed by atoms with Crippen LogP contribution >= 0.6 is 11.3 Å². The van der Waals surface area contributed by atoms with Gasteiger partial charge in [0.25, 0.3) is 0 Å². The van der Waals surface area contributed by atoms with E-state index in [9.17, 15) is 19.5 Å². The van der Waals surface area contributed by atoms with E-state index in [0.29, 0.717) is 12.8 Å². The summed E-state index contributed by atoms with van der Waals surface area (Å²) < 4.78 is 10.5. The molecule has 0 saturated heterocycles. The van der Waals surface area contributed by atoms with Gasteiger partial charge in [0.1, 0.15) is 17.9 Å². The SMILES string of the molecule is CC(C)(C)OC(=O)Nc1nc(/C(=N\OC2(C(=O)OCc3ccccc3)CCC2)C(=O)O)cs1. The lowest BCUT2D eigenvalue weighted by molar-refractivity contribution is -0.187. The molecule has 0 radical (unpaired) electrons. The summed E-state index contributed by atoms with van der Waals surface area (Å²) in [5.41, 5.74) is -1.72. The van der Waals surface area contributed by atoms with Crippen LogP contribution in [0, 0.1) is 0 Å². The molecule has 1 heterocycles. The number of anilines is 1. The number of aromatic nitrogens is 1. The van der Waals surface area contributed by atoms with Crippen molar-refractivity contribution in [2.45, 2.75) is 57.8 Å². The smallest absolute Gasteiger partial charge is 0.413 e. The highest BCUT2D eigenvalue weighted by molar-refractivity contribution is 7.14. The number of hydrogen-bond donors (Lipinski definition) is 2. The molecule has 0 spiro atoms. The highest BCUT2D eigenvalue weighted by Crippen LogP contribution is 2.37. The summed E-state index contributed by atoms with van der Waals surface area (Å²) in [7, 11) is 0. The minimum atomic E-state index is -1.39. The van der Waals surface area contributed by atoms with Crippen LogP contribution in [0.4, 0.5) is 9.93 Å². The first-order chi connectivity index (χ1) is 15.6. The van der Waals surface area contributed by atoms with E-state index in [0.717, 1.165) is 23.3 Å². The van der Waals surface area contributed by atoms with Gasteiger partial charge in [-0.1, -0.05) is 35.5 Å². The Hall–Kier alpha value is -3.47. The van der Waals surface area contributed by atoms with Gasteiger partial charge >= 0.3 is 18.0 Å². The van der Waals surface area contributed by atoms with Gasteiger partial charge in [0.15, 0.2) is 5.13 Å². The lowest BCUT2D eigenvalue weighted by atomic mass is 9.80. The third-order valence-corrected chi connectivity index (χ3v) is 5.37. The van der Waals surface area contributed by atoms with E-state index < -0.39 is 34.9 Å². The number of ether oxygens (including phenoxy) is 2. The molecule has 0 bridgehead atoms. The van der Waals surface area contributed by atoms with E-state index in [4.69, 9.17) is 14.3 Å². The van der Waals surface area contributed by atoms with E-state index in [1.807, 2.05) is 30.3 Å². The number of carboxylic acid groups (broad SMARTS) is 1. The number of nitrogens with zero attached hydrogens (tertiary/aromatic N) is 2. The van der Waals surface area contributed by atoms with Gasteiger partial charge in [-0.3, -0.25) is 5.32 Å². The lowest BCUT2D eigenvalue weighted by Crippen LogP contribution is -2.48. The van der Waals surface area contributed by atoms with Gasteiger partial charge in [-0.15, -0.1) is 11.3 Å². The highest BCUT2D eigenvalue weighted by Gasteiger charge is 2.49. The fourth-order valence-electron chi connectivity index (χ4n) is 2.84. The van der Waals surface area contributed by atoms with Crippen LogP contribution in [0.25, 0.3) is 0 Å². The van der Waals surface area contributed by atoms with Gasteiger partial charge in [0.05, 0.1) is 0 Å². The van der Waals surface area contributed by atoms with Crippen LogP contribution in [-0.2, 0) is 30.5 Å². The Morgan fingerprint density at radius 1 is 1.21 bits per heavy atom. The monoisotopic (exact) mass is 475 g/mol. The summed E-state index contributed by atoms with van der Waals surface area (Å²) in [4.78, 5) is 45.8. The molecule has 0 atom stereocenters. The molecule has 33 heavy (non-hydrogen) atoms. The van der Waals surface area contributed by atoms with E-state index in [-0.39, 0.29) is 17.4 Å². The number of benzene rings is 1. The largest absolute Gasteiger partial charge is 0.476 e. The predicted molar refractivity (Wildman–Crippen MR) is 120 cm³/mol. The summed E-state index contributed by atoms with van der Waals surface area (Å²) in [6.45, 7) is 5.22. The van der Waals surface area contributed by atoms with Crippen molar-refractivity contribution < 1.29 is 33.8 Å². The van der Waals surface area contributed by atoms with Crippen LogP contribution in [-0.4, -0.2) is 45.0 Å². The van der Waals surface area contributed by atoms with Crippen molar-refractivity contribution in [2.24, 2.45) is 5.16 Å². The summed E-state index contributed by atoms with van der Waals surface area (Å²) in [5.74, 6) is -1.99. The zero-order chi connectivity index (χ0) is 24.1. The Labute approximate surface area is 194 Å². The van der Waals surface area contributed by atoms with Crippen LogP contribution in [0.2, 0.25) is 0 Å². The zero-order valence-electron chi connectivity index (χ0n) is 18.5. The molecule has 1 saturated carbocycles. The van der Waals surface area contributed by atoms with E-state index >= 15 is 0 Å². The number of rotatable bonds is 8. The number of hydrogen-bond acceptors (Lipinski definition) is 9. The molecule has 1 aliphatic rings. The number of nitrogens with one attached hydrogen (secondary N) is 1. The average Bonchev–Trinajstić information content (AvgIpc) is 3.15. The third-order valence-electron chi connectivity index (χ3n) is 4.61. The third kappa shape index (κ3) is 6.51. The van der Waals surface area contributed by atoms with Gasteiger partial charge < -0.3 is 19.4 Å². The fourth-order valence-corrected chi connectivity index (χ4v) is 3.53. The lowest BCUT2D eigenvalue weighted by Gasteiger charge is -2.36. The van der Waals surface area contributed by atoms with E-state index in [2.05, 4.69) is 15.5 Å². The fraction of sp³-hybridized carbons (Fsp3) is 0.409. The maximum absolute atomic E-state index is 12.6. The number of carbonyl (C=O) groups excluding carboxylic acids is 2. The topological polar surface area (TPSA) is 136 Å². The van der Waals surface area contributed by atoms with Gasteiger partial charge in [0.2, 0.25) is 11.3 Å². The Morgan fingerprint density at radius 2 is 1.91 bits per heavy atom. The van der Waals surface area contributed by atoms with Crippen LogP contribution in [0.5, 0.6) is 0 Å². The number of aliphatic carboxylic acids is 1. The van der Waals surface area contributed by atoms with Crippen molar-refractivity contribution in [3.05, 3.63) is 47.0 Å². The van der Waals surface area contributed by atoms with Crippen LogP contribution in [0.15, 0.2) is 40.9 Å². The van der Waals surface area contributed by atoms with Crippen LogP contribution in [0.3, 0.4) is 0 Å². The van der Waals surface area contributed by atoms with Crippen molar-refractivity contribution in [1.82, 2.24) is 4.98 Å². The zero-order valence-corrected chi connectivity index (χ0v) is 19.3. The van der Waals surface area contributed by atoms with Crippen molar-refractivity contribution in [3.8, 4) is 0 Å². The van der Waals surface area contributed by atoms with Crippen molar-refractivity contribution >= 4 is 40.2 Å². The first-order valence-electron chi connectivity index (χ1n) is 10.2. The molecule has 10 nitrogen and oxygen atoms in total. The number of esters is 1. The van der Waals surface area contributed by atoms with Gasteiger partial charge in [-0.2, -0.15) is 0 Å². The number of thiazole rings is 1. The van der Waals surface area contributed by atoms with Crippen molar-refractivity contribution in [3.63, 3.8) is 0 Å². The normalized spacial score (nSPS) is 15.2. The first kappa shape index (κ1) is 24.2. The molecular formula is C22H25N3O7S. The molecule has 1 fully saturated rings.